The summed E-state index contributed by atoms with van der Waals surface area (Å²) in [5.41, 5.74) is 0.513. The Labute approximate surface area is 136 Å². The van der Waals surface area contributed by atoms with Crippen molar-refractivity contribution in [3.63, 3.8) is 0 Å². The van der Waals surface area contributed by atoms with Crippen molar-refractivity contribution in [1.82, 2.24) is 0 Å². The fourth-order valence-electron chi connectivity index (χ4n) is 2.06. The van der Waals surface area contributed by atoms with E-state index in [0.29, 0.717) is 4.47 Å². The van der Waals surface area contributed by atoms with E-state index in [0.717, 1.165) is 21.4 Å². The smallest absolute Gasteiger partial charge is 0.166 e. The monoisotopic (exact) mass is 426 g/mol. The Morgan fingerprint density at radius 1 is 1.10 bits per heavy atom. The number of alkyl halides is 4. The molecule has 0 aliphatic heterocycles. The van der Waals surface area contributed by atoms with Gasteiger partial charge in [-0.15, -0.1) is 11.3 Å². The zero-order valence-electron chi connectivity index (χ0n) is 10.7. The first-order chi connectivity index (χ1) is 9.20. The number of aryl methyl sites for hydroxylation is 2. The number of thiophene rings is 1. The summed E-state index contributed by atoms with van der Waals surface area (Å²) in [4.78, 5) is 1.66. The van der Waals surface area contributed by atoms with Crippen LogP contribution >= 0.6 is 43.2 Å². The highest BCUT2D eigenvalue weighted by molar-refractivity contribution is 9.10. The Bertz CT molecular complexity index is 632. The van der Waals surface area contributed by atoms with Gasteiger partial charge in [-0.25, -0.2) is 0 Å². The van der Waals surface area contributed by atoms with E-state index in [1.165, 1.54) is 6.07 Å². The standard InChI is InChI=1S/C14H11Br2F3S/c1-7-5-11(8(2)20-7)13(16)10-4-3-9(15)6-12(10)14(17,18)19/h3-6,13H,1-2H3. The van der Waals surface area contributed by atoms with Gasteiger partial charge in [-0.05, 0) is 43.2 Å². The molecule has 0 nitrogen and oxygen atoms in total. The molecule has 0 aliphatic carbocycles. The van der Waals surface area contributed by atoms with Gasteiger partial charge in [0.2, 0.25) is 0 Å². The first-order valence-corrected chi connectivity index (χ1v) is 8.30. The lowest BCUT2D eigenvalue weighted by molar-refractivity contribution is -0.138. The summed E-state index contributed by atoms with van der Waals surface area (Å²) in [5.74, 6) is 0. The molecule has 1 aromatic heterocycles. The van der Waals surface area contributed by atoms with Crippen molar-refractivity contribution in [1.29, 1.82) is 0 Å². The number of hydrogen-bond donors (Lipinski definition) is 0. The Morgan fingerprint density at radius 3 is 2.25 bits per heavy atom. The number of rotatable bonds is 2. The molecule has 6 heteroatoms. The van der Waals surface area contributed by atoms with Crippen molar-refractivity contribution in [3.8, 4) is 0 Å². The molecule has 1 unspecified atom stereocenters. The molecule has 0 saturated heterocycles. The van der Waals surface area contributed by atoms with E-state index in [2.05, 4.69) is 31.9 Å². The van der Waals surface area contributed by atoms with E-state index in [1.807, 2.05) is 19.9 Å². The third kappa shape index (κ3) is 3.28. The van der Waals surface area contributed by atoms with Crippen LogP contribution in [-0.2, 0) is 6.18 Å². The molecule has 1 atom stereocenters. The second kappa shape index (κ2) is 5.81. The summed E-state index contributed by atoms with van der Waals surface area (Å²) >= 11 is 8.11. The largest absolute Gasteiger partial charge is 0.416 e. The van der Waals surface area contributed by atoms with E-state index in [-0.39, 0.29) is 5.56 Å². The first kappa shape index (κ1) is 16.0. The average Bonchev–Trinajstić information content (AvgIpc) is 2.66. The van der Waals surface area contributed by atoms with Crippen LogP contribution in [0.4, 0.5) is 13.2 Å². The van der Waals surface area contributed by atoms with Crippen LogP contribution in [0.25, 0.3) is 0 Å². The minimum atomic E-state index is -4.37. The Kier molecular flexibility index (Phi) is 4.66. The molecule has 1 heterocycles. The van der Waals surface area contributed by atoms with E-state index in [4.69, 9.17) is 0 Å². The lowest BCUT2D eigenvalue weighted by atomic mass is 9.99. The Morgan fingerprint density at radius 2 is 1.75 bits per heavy atom. The van der Waals surface area contributed by atoms with E-state index >= 15 is 0 Å². The van der Waals surface area contributed by atoms with E-state index in [1.54, 1.807) is 17.4 Å². The van der Waals surface area contributed by atoms with Gasteiger partial charge in [0.05, 0.1) is 10.4 Å². The molecule has 20 heavy (non-hydrogen) atoms. The fourth-order valence-corrected chi connectivity index (χ4v) is 4.42. The van der Waals surface area contributed by atoms with Gasteiger partial charge in [-0.1, -0.05) is 37.9 Å². The van der Waals surface area contributed by atoms with Crippen LogP contribution in [0.3, 0.4) is 0 Å². The molecule has 108 valence electrons. The molecule has 0 radical (unpaired) electrons. The molecule has 0 amide bonds. The normalized spacial score (nSPS) is 13.6. The van der Waals surface area contributed by atoms with E-state index in [9.17, 15) is 13.2 Å². The van der Waals surface area contributed by atoms with Crippen molar-refractivity contribution in [3.05, 3.63) is 55.2 Å². The predicted molar refractivity (Wildman–Crippen MR) is 83.7 cm³/mol. The SMILES string of the molecule is Cc1cc(C(Br)c2ccc(Br)cc2C(F)(F)F)c(C)s1. The van der Waals surface area contributed by atoms with Gasteiger partial charge in [0.1, 0.15) is 0 Å². The maximum absolute atomic E-state index is 13.2. The molecule has 2 aromatic rings. The van der Waals surface area contributed by atoms with Crippen LogP contribution < -0.4 is 0 Å². The minimum absolute atomic E-state index is 0.238. The molecule has 0 fully saturated rings. The van der Waals surface area contributed by atoms with Crippen LogP contribution in [0.2, 0.25) is 0 Å². The van der Waals surface area contributed by atoms with Gasteiger partial charge >= 0.3 is 6.18 Å². The maximum atomic E-state index is 13.2. The van der Waals surface area contributed by atoms with Crippen LogP contribution in [0.5, 0.6) is 0 Å². The summed E-state index contributed by atoms with van der Waals surface area (Å²) in [6, 6.07) is 6.20. The molecule has 0 bridgehead atoms. The third-order valence-electron chi connectivity index (χ3n) is 2.95. The highest BCUT2D eigenvalue weighted by Gasteiger charge is 2.35. The van der Waals surface area contributed by atoms with Crippen molar-refractivity contribution >= 4 is 43.2 Å². The summed E-state index contributed by atoms with van der Waals surface area (Å²) in [6.45, 7) is 3.88. The van der Waals surface area contributed by atoms with Crippen LogP contribution in [0, 0.1) is 13.8 Å². The van der Waals surface area contributed by atoms with Gasteiger partial charge < -0.3 is 0 Å². The number of benzene rings is 1. The fraction of sp³-hybridized carbons (Fsp3) is 0.286. The highest BCUT2D eigenvalue weighted by Crippen LogP contribution is 2.43. The van der Waals surface area contributed by atoms with Gasteiger partial charge in [-0.3, -0.25) is 0 Å². The van der Waals surface area contributed by atoms with Crippen molar-refractivity contribution in [2.75, 3.05) is 0 Å². The Balaban J connectivity index is 2.55. The number of halogens is 5. The molecule has 1 aromatic carbocycles. The average molecular weight is 428 g/mol. The molecule has 0 spiro atoms. The van der Waals surface area contributed by atoms with Crippen LogP contribution in [0.15, 0.2) is 28.7 Å². The van der Waals surface area contributed by atoms with Crippen molar-refractivity contribution in [2.45, 2.75) is 24.9 Å². The molecule has 0 aliphatic rings. The quantitative estimate of drug-likeness (QED) is 0.471. The zero-order chi connectivity index (χ0) is 15.1. The summed E-state index contributed by atoms with van der Waals surface area (Å²) < 4.78 is 39.9. The van der Waals surface area contributed by atoms with E-state index < -0.39 is 16.6 Å². The Hall–Kier alpha value is -0.330. The molecule has 0 saturated carbocycles. The molecule has 0 N–H and O–H groups in total. The van der Waals surface area contributed by atoms with Gasteiger partial charge in [0.25, 0.3) is 0 Å². The predicted octanol–water partition coefficient (Wildman–Crippen LogP) is 6.63. The minimum Gasteiger partial charge on any atom is -0.166 e. The summed E-state index contributed by atoms with van der Waals surface area (Å²) in [6.07, 6.45) is -4.37. The van der Waals surface area contributed by atoms with Gasteiger partial charge in [0.15, 0.2) is 0 Å². The van der Waals surface area contributed by atoms with Crippen LogP contribution in [-0.4, -0.2) is 0 Å². The maximum Gasteiger partial charge on any atom is 0.416 e. The first-order valence-electron chi connectivity index (χ1n) is 5.78. The van der Waals surface area contributed by atoms with Crippen molar-refractivity contribution in [2.24, 2.45) is 0 Å². The molecular weight excluding hydrogens is 417 g/mol. The second-order valence-electron chi connectivity index (χ2n) is 4.46. The lowest BCUT2D eigenvalue weighted by Crippen LogP contribution is -2.10. The van der Waals surface area contributed by atoms with Crippen molar-refractivity contribution < 1.29 is 13.2 Å². The summed E-state index contributed by atoms with van der Waals surface area (Å²) in [7, 11) is 0. The zero-order valence-corrected chi connectivity index (χ0v) is 14.7. The van der Waals surface area contributed by atoms with Crippen LogP contribution in [0.1, 0.15) is 31.3 Å². The lowest BCUT2D eigenvalue weighted by Gasteiger charge is -2.18. The van der Waals surface area contributed by atoms with Gasteiger partial charge in [-0.2, -0.15) is 13.2 Å². The third-order valence-corrected chi connectivity index (χ3v) is 5.41. The summed E-state index contributed by atoms with van der Waals surface area (Å²) in [5, 5.41) is 0. The molecule has 2 rings (SSSR count). The molecular formula is C14H11Br2F3S. The second-order valence-corrected chi connectivity index (χ2v) is 7.75. The highest BCUT2D eigenvalue weighted by atomic mass is 79.9. The van der Waals surface area contributed by atoms with Gasteiger partial charge in [0, 0.05) is 14.2 Å². The topological polar surface area (TPSA) is 0 Å². The number of hydrogen-bond acceptors (Lipinski definition) is 1.